The second-order valence-corrected chi connectivity index (χ2v) is 7.64. The van der Waals surface area contributed by atoms with Crippen LogP contribution in [0.1, 0.15) is 96.8 Å². The van der Waals surface area contributed by atoms with Crippen molar-refractivity contribution in [3.05, 3.63) is 12.7 Å². The number of halogens is 1. The van der Waals surface area contributed by atoms with Crippen LogP contribution in [0.2, 0.25) is 0 Å². The lowest BCUT2D eigenvalue weighted by molar-refractivity contribution is -0.452. The summed E-state index contributed by atoms with van der Waals surface area (Å²) in [7, 11) is 0. The molecule has 0 aromatic heterocycles. The van der Waals surface area contributed by atoms with E-state index in [9.17, 15) is 20.4 Å². The third-order valence-corrected chi connectivity index (χ3v) is 5.39. The van der Waals surface area contributed by atoms with Crippen LogP contribution in [0.5, 0.6) is 0 Å². The lowest BCUT2D eigenvalue weighted by Crippen LogP contribution is -3.00. The maximum atomic E-state index is 10.3. The molecule has 0 rings (SSSR count). The molecule has 2 atom stereocenters. The average molecular weight is 410 g/mol. The summed E-state index contributed by atoms with van der Waals surface area (Å²) in [6.07, 6.45) is 16.1. The average Bonchev–Trinajstić information content (AvgIpc) is 2.64. The first-order valence-electron chi connectivity index (χ1n) is 10.6. The van der Waals surface area contributed by atoms with E-state index in [1.54, 1.807) is 0 Å². The van der Waals surface area contributed by atoms with Crippen molar-refractivity contribution < 1.29 is 38.6 Å². The van der Waals surface area contributed by atoms with Crippen LogP contribution in [-0.4, -0.2) is 44.5 Å². The van der Waals surface area contributed by atoms with Crippen molar-refractivity contribution in [2.45, 2.75) is 114 Å². The van der Waals surface area contributed by atoms with Gasteiger partial charge in [-0.2, -0.15) is 0 Å². The Kier molecular flexibility index (Phi) is 18.0. The predicted molar refractivity (Wildman–Crippen MR) is 106 cm³/mol. The monoisotopic (exact) mass is 409 g/mol. The highest BCUT2D eigenvalue weighted by Gasteiger charge is 2.51. The smallest absolute Gasteiger partial charge is 0.249 e. The van der Waals surface area contributed by atoms with Crippen LogP contribution in [0.15, 0.2) is 12.7 Å². The third-order valence-electron chi connectivity index (χ3n) is 5.39. The van der Waals surface area contributed by atoms with E-state index in [4.69, 9.17) is 0 Å². The van der Waals surface area contributed by atoms with Crippen molar-refractivity contribution in [3.63, 3.8) is 0 Å². The normalized spacial score (nSPS) is 15.0. The molecule has 5 nitrogen and oxygen atoms in total. The number of rotatable bonds is 18. The fraction of sp³-hybridized carbons (Fsp3) is 0.905. The van der Waals surface area contributed by atoms with Gasteiger partial charge in [0, 0.05) is 0 Å². The van der Waals surface area contributed by atoms with E-state index in [-0.39, 0.29) is 19.0 Å². The van der Waals surface area contributed by atoms with E-state index in [0.717, 1.165) is 25.3 Å². The van der Waals surface area contributed by atoms with Gasteiger partial charge in [0.1, 0.15) is 6.54 Å². The third kappa shape index (κ3) is 11.4. The highest BCUT2D eigenvalue weighted by Crippen LogP contribution is 2.27. The van der Waals surface area contributed by atoms with Gasteiger partial charge in [-0.25, -0.2) is 0 Å². The molecule has 0 aromatic carbocycles. The van der Waals surface area contributed by atoms with Crippen molar-refractivity contribution in [2.24, 2.45) is 0 Å². The van der Waals surface area contributed by atoms with Gasteiger partial charge in [0.05, 0.1) is 6.10 Å². The first-order chi connectivity index (χ1) is 12.4. The zero-order valence-corrected chi connectivity index (χ0v) is 18.1. The number of aliphatic hydroxyl groups is 4. The maximum absolute atomic E-state index is 10.3. The largest absolute Gasteiger partial charge is 1.00 e. The molecule has 2 unspecified atom stereocenters. The summed E-state index contributed by atoms with van der Waals surface area (Å²) in [5, 5.41) is 40.1. The highest BCUT2D eigenvalue weighted by molar-refractivity contribution is 5.09. The van der Waals surface area contributed by atoms with Crippen LogP contribution in [-0.2, 0) is 0 Å². The Balaban J connectivity index is 0. The van der Waals surface area contributed by atoms with Crippen molar-refractivity contribution in [2.75, 3.05) is 6.54 Å². The highest BCUT2D eigenvalue weighted by atomic mass is 35.5. The van der Waals surface area contributed by atoms with Gasteiger partial charge in [0.2, 0.25) is 5.79 Å². The lowest BCUT2D eigenvalue weighted by Gasteiger charge is -2.38. The molecule has 0 aliphatic rings. The summed E-state index contributed by atoms with van der Waals surface area (Å²) < 4.78 is 0. The minimum atomic E-state index is -2.47. The van der Waals surface area contributed by atoms with Crippen molar-refractivity contribution in [1.29, 1.82) is 0 Å². The Bertz CT molecular complexity index is 355. The molecule has 164 valence electrons. The molecule has 0 spiro atoms. The molecule has 0 aliphatic heterocycles. The molecule has 0 saturated carbocycles. The number of quaternary nitrogens is 1. The zero-order chi connectivity index (χ0) is 19.9. The van der Waals surface area contributed by atoms with Crippen molar-refractivity contribution in [1.82, 2.24) is 0 Å². The van der Waals surface area contributed by atoms with E-state index >= 15 is 0 Å². The van der Waals surface area contributed by atoms with Crippen LogP contribution in [0.4, 0.5) is 0 Å². The molecule has 27 heavy (non-hydrogen) atoms. The molecular weight excluding hydrogens is 366 g/mol. The second kappa shape index (κ2) is 16.8. The van der Waals surface area contributed by atoms with E-state index in [1.165, 1.54) is 64.2 Å². The summed E-state index contributed by atoms with van der Waals surface area (Å²) in [5.74, 6) is -2.47. The summed E-state index contributed by atoms with van der Waals surface area (Å²) in [5.41, 5.74) is 1.26. The fourth-order valence-electron chi connectivity index (χ4n) is 3.34. The van der Waals surface area contributed by atoms with Crippen LogP contribution in [0, 0.1) is 0 Å². The molecule has 7 N–H and O–H groups in total. The Labute approximate surface area is 172 Å². The number of hydrogen-bond acceptors (Lipinski definition) is 4. The first-order valence-corrected chi connectivity index (χ1v) is 10.6. The van der Waals surface area contributed by atoms with Crippen LogP contribution in [0.25, 0.3) is 0 Å². The van der Waals surface area contributed by atoms with Crippen molar-refractivity contribution >= 4 is 0 Å². The van der Waals surface area contributed by atoms with Gasteiger partial charge in [0.25, 0.3) is 0 Å². The summed E-state index contributed by atoms with van der Waals surface area (Å²) in [6.45, 7) is 5.34. The molecule has 0 amide bonds. The Hall–Kier alpha value is -0.170. The van der Waals surface area contributed by atoms with Gasteiger partial charge >= 0.3 is 0 Å². The minimum Gasteiger partial charge on any atom is -1.00 e. The fourth-order valence-corrected chi connectivity index (χ4v) is 3.34. The number of aliphatic hydroxyl groups excluding tert-OH is 1. The molecule has 0 aromatic rings. The predicted octanol–water partition coefficient (Wildman–Crippen LogP) is -0.327. The van der Waals surface area contributed by atoms with Gasteiger partial charge in [-0.1, -0.05) is 103 Å². The second-order valence-electron chi connectivity index (χ2n) is 7.64. The van der Waals surface area contributed by atoms with Gasteiger partial charge in [-0.05, 0) is 6.42 Å². The lowest BCUT2D eigenvalue weighted by atomic mass is 9.84. The van der Waals surface area contributed by atoms with Gasteiger partial charge < -0.3 is 38.6 Å². The Morgan fingerprint density at radius 1 is 0.815 bits per heavy atom. The SMILES string of the molecule is C=CC(O)(C(O)CCCCCCCCCCCCCCC)C(O)(O)C[NH3+].[Cl-]. The van der Waals surface area contributed by atoms with Gasteiger partial charge in [-0.3, -0.25) is 0 Å². The number of unbranched alkanes of at least 4 members (excludes halogenated alkanes) is 12. The number of hydrogen-bond donors (Lipinski definition) is 5. The summed E-state index contributed by atoms with van der Waals surface area (Å²) in [6, 6.07) is 0. The quantitative estimate of drug-likeness (QED) is 0.121. The molecule has 0 radical (unpaired) electrons. The van der Waals surface area contributed by atoms with E-state index in [2.05, 4.69) is 19.2 Å². The summed E-state index contributed by atoms with van der Waals surface area (Å²) >= 11 is 0. The van der Waals surface area contributed by atoms with E-state index in [1.807, 2.05) is 0 Å². The zero-order valence-electron chi connectivity index (χ0n) is 17.3. The molecule has 0 aliphatic carbocycles. The van der Waals surface area contributed by atoms with E-state index in [0.29, 0.717) is 6.42 Å². The van der Waals surface area contributed by atoms with Gasteiger partial charge in [0.15, 0.2) is 5.60 Å². The minimum absolute atomic E-state index is 0. The van der Waals surface area contributed by atoms with Crippen LogP contribution < -0.4 is 18.1 Å². The molecule has 0 saturated heterocycles. The molecule has 0 heterocycles. The molecule has 0 fully saturated rings. The standard InChI is InChI=1S/C21H43NO4.ClH/c1-3-5-6-7-8-9-10-11-12-13-14-15-16-17-19(23)20(24,4-2)21(25,26)18-22;/h4,19,23-26H,2-3,5-18,22H2,1H3;1H. The topological polar surface area (TPSA) is 109 Å². The Morgan fingerprint density at radius 2 is 1.19 bits per heavy atom. The maximum Gasteiger partial charge on any atom is 0.249 e. The Morgan fingerprint density at radius 3 is 1.52 bits per heavy atom. The van der Waals surface area contributed by atoms with Gasteiger partial charge in [-0.15, -0.1) is 0 Å². The molecule has 6 heteroatoms. The van der Waals surface area contributed by atoms with Crippen LogP contribution in [0.3, 0.4) is 0 Å². The first kappa shape index (κ1) is 29.0. The van der Waals surface area contributed by atoms with Crippen molar-refractivity contribution in [3.8, 4) is 0 Å². The molecule has 0 bridgehead atoms. The summed E-state index contributed by atoms with van der Waals surface area (Å²) in [4.78, 5) is 0. The van der Waals surface area contributed by atoms with E-state index < -0.39 is 17.5 Å². The van der Waals surface area contributed by atoms with Crippen LogP contribution >= 0.6 is 0 Å². The molecular formula is C21H44ClNO4.